The van der Waals surface area contributed by atoms with E-state index >= 15 is 0 Å². The molecule has 2 rings (SSSR count). The standard InChI is InChI=1S/C16H28N2OS/c1-5-17-16-18-9-13(20-16)10-19-15-8-12(4)6-7-14(15)11(2)3/h9,11-12,14-15H,5-8,10H2,1-4H3,(H,17,18). The first-order chi connectivity index (χ1) is 9.60. The first kappa shape index (κ1) is 15.8. The number of aromatic nitrogens is 1. The van der Waals surface area contributed by atoms with Gasteiger partial charge in [-0.15, -0.1) is 0 Å². The lowest BCUT2D eigenvalue weighted by molar-refractivity contribution is -0.0464. The van der Waals surface area contributed by atoms with Gasteiger partial charge in [0, 0.05) is 12.7 Å². The molecule has 0 radical (unpaired) electrons. The normalized spacial score (nSPS) is 26.9. The van der Waals surface area contributed by atoms with Gasteiger partial charge in [0.1, 0.15) is 0 Å². The minimum Gasteiger partial charge on any atom is -0.372 e. The van der Waals surface area contributed by atoms with Crippen molar-refractivity contribution in [3.63, 3.8) is 0 Å². The Labute approximate surface area is 127 Å². The maximum atomic E-state index is 6.25. The smallest absolute Gasteiger partial charge is 0.182 e. The van der Waals surface area contributed by atoms with Gasteiger partial charge in [-0.3, -0.25) is 0 Å². The van der Waals surface area contributed by atoms with Crippen molar-refractivity contribution in [2.45, 2.75) is 59.7 Å². The molecule has 114 valence electrons. The van der Waals surface area contributed by atoms with Gasteiger partial charge in [-0.1, -0.05) is 38.5 Å². The number of nitrogens with one attached hydrogen (secondary N) is 1. The fourth-order valence-electron chi connectivity index (χ4n) is 3.10. The van der Waals surface area contributed by atoms with E-state index in [4.69, 9.17) is 4.74 Å². The second-order valence-corrected chi connectivity index (χ2v) is 7.45. The summed E-state index contributed by atoms with van der Waals surface area (Å²) in [6, 6.07) is 0. The number of anilines is 1. The highest BCUT2D eigenvalue weighted by Gasteiger charge is 2.31. The van der Waals surface area contributed by atoms with Crippen LogP contribution in [0, 0.1) is 17.8 Å². The van der Waals surface area contributed by atoms with Gasteiger partial charge in [0.2, 0.25) is 0 Å². The van der Waals surface area contributed by atoms with Crippen LogP contribution in [0.5, 0.6) is 0 Å². The molecule has 3 atom stereocenters. The molecule has 0 aliphatic heterocycles. The molecule has 0 spiro atoms. The minimum atomic E-state index is 0.420. The first-order valence-corrected chi connectivity index (χ1v) is 8.72. The fourth-order valence-corrected chi connectivity index (χ4v) is 3.91. The average Bonchev–Trinajstić information content (AvgIpc) is 2.84. The van der Waals surface area contributed by atoms with Gasteiger partial charge in [0.15, 0.2) is 5.13 Å². The summed E-state index contributed by atoms with van der Waals surface area (Å²) in [4.78, 5) is 5.59. The minimum absolute atomic E-state index is 0.420. The van der Waals surface area contributed by atoms with E-state index < -0.39 is 0 Å². The van der Waals surface area contributed by atoms with Gasteiger partial charge in [-0.2, -0.15) is 0 Å². The molecule has 1 aliphatic carbocycles. The van der Waals surface area contributed by atoms with Crippen molar-refractivity contribution in [2.75, 3.05) is 11.9 Å². The van der Waals surface area contributed by atoms with Crippen LogP contribution in [-0.2, 0) is 11.3 Å². The summed E-state index contributed by atoms with van der Waals surface area (Å²) in [5.74, 6) is 2.23. The summed E-state index contributed by atoms with van der Waals surface area (Å²) in [6.07, 6.45) is 6.24. The van der Waals surface area contributed by atoms with Crippen LogP contribution >= 0.6 is 11.3 Å². The van der Waals surface area contributed by atoms with Crippen molar-refractivity contribution in [3.8, 4) is 0 Å². The number of hydrogen-bond acceptors (Lipinski definition) is 4. The largest absolute Gasteiger partial charge is 0.372 e. The van der Waals surface area contributed by atoms with Crippen molar-refractivity contribution in [3.05, 3.63) is 11.1 Å². The van der Waals surface area contributed by atoms with Crippen molar-refractivity contribution in [2.24, 2.45) is 17.8 Å². The predicted octanol–water partition coefficient (Wildman–Crippen LogP) is 4.55. The third kappa shape index (κ3) is 4.19. The van der Waals surface area contributed by atoms with Crippen molar-refractivity contribution in [1.29, 1.82) is 0 Å². The molecule has 3 nitrogen and oxygen atoms in total. The number of thiazole rings is 1. The Hall–Kier alpha value is -0.610. The van der Waals surface area contributed by atoms with E-state index in [1.807, 2.05) is 6.20 Å². The van der Waals surface area contributed by atoms with Gasteiger partial charge < -0.3 is 10.1 Å². The Bertz CT molecular complexity index is 405. The molecule has 1 heterocycles. The van der Waals surface area contributed by atoms with Gasteiger partial charge in [-0.25, -0.2) is 4.98 Å². The second-order valence-electron chi connectivity index (χ2n) is 6.34. The van der Waals surface area contributed by atoms with Crippen LogP contribution in [0.4, 0.5) is 5.13 Å². The average molecular weight is 296 g/mol. The van der Waals surface area contributed by atoms with Crippen LogP contribution in [0.2, 0.25) is 0 Å². The summed E-state index contributed by atoms with van der Waals surface area (Å²) in [5.41, 5.74) is 0. The van der Waals surface area contributed by atoms with Crippen molar-refractivity contribution >= 4 is 16.5 Å². The van der Waals surface area contributed by atoms with Gasteiger partial charge in [0.05, 0.1) is 17.6 Å². The zero-order valence-corrected chi connectivity index (χ0v) is 14.0. The fraction of sp³-hybridized carbons (Fsp3) is 0.812. The van der Waals surface area contributed by atoms with Gasteiger partial charge >= 0.3 is 0 Å². The van der Waals surface area contributed by atoms with E-state index in [-0.39, 0.29) is 0 Å². The molecule has 20 heavy (non-hydrogen) atoms. The van der Waals surface area contributed by atoms with E-state index in [2.05, 4.69) is 38.0 Å². The van der Waals surface area contributed by atoms with Crippen LogP contribution in [-0.4, -0.2) is 17.6 Å². The quantitative estimate of drug-likeness (QED) is 0.836. The lowest BCUT2D eigenvalue weighted by Crippen LogP contribution is -2.34. The summed E-state index contributed by atoms with van der Waals surface area (Å²) < 4.78 is 6.25. The Morgan fingerprint density at radius 1 is 1.45 bits per heavy atom. The Balaban J connectivity index is 1.89. The summed E-state index contributed by atoms with van der Waals surface area (Å²) >= 11 is 1.71. The van der Waals surface area contributed by atoms with Crippen molar-refractivity contribution in [1.82, 2.24) is 4.98 Å². The molecule has 0 bridgehead atoms. The highest BCUT2D eigenvalue weighted by molar-refractivity contribution is 7.15. The first-order valence-electron chi connectivity index (χ1n) is 7.90. The SMILES string of the molecule is CCNc1ncc(COC2CC(C)CCC2C(C)C)s1. The van der Waals surface area contributed by atoms with Crippen LogP contribution in [0.15, 0.2) is 6.20 Å². The van der Waals surface area contributed by atoms with Crippen LogP contribution < -0.4 is 5.32 Å². The topological polar surface area (TPSA) is 34.2 Å². The molecular weight excluding hydrogens is 268 g/mol. The zero-order valence-electron chi connectivity index (χ0n) is 13.2. The molecule has 3 unspecified atom stereocenters. The molecule has 1 saturated carbocycles. The molecule has 1 N–H and O–H groups in total. The number of rotatable bonds is 6. The molecule has 1 aromatic rings. The van der Waals surface area contributed by atoms with E-state index in [9.17, 15) is 0 Å². The molecule has 1 aliphatic rings. The molecule has 1 aromatic heterocycles. The zero-order chi connectivity index (χ0) is 14.5. The van der Waals surface area contributed by atoms with E-state index in [0.717, 1.165) is 17.6 Å². The van der Waals surface area contributed by atoms with Gasteiger partial charge in [0.25, 0.3) is 0 Å². The number of ether oxygens (including phenoxy) is 1. The Morgan fingerprint density at radius 2 is 2.25 bits per heavy atom. The van der Waals surface area contributed by atoms with E-state index in [0.29, 0.717) is 24.5 Å². The van der Waals surface area contributed by atoms with Crippen molar-refractivity contribution < 1.29 is 4.74 Å². The van der Waals surface area contributed by atoms with Crippen LogP contribution in [0.1, 0.15) is 51.8 Å². The Kier molecular flexibility index (Phi) is 5.85. The summed E-state index contributed by atoms with van der Waals surface area (Å²) in [7, 11) is 0. The van der Waals surface area contributed by atoms with Crippen LogP contribution in [0.3, 0.4) is 0 Å². The highest BCUT2D eigenvalue weighted by atomic mass is 32.1. The summed E-state index contributed by atoms with van der Waals surface area (Å²) in [6.45, 7) is 10.7. The molecule has 0 saturated heterocycles. The van der Waals surface area contributed by atoms with E-state index in [1.165, 1.54) is 24.1 Å². The van der Waals surface area contributed by atoms with Gasteiger partial charge in [-0.05, 0) is 37.5 Å². The molecule has 4 heteroatoms. The predicted molar refractivity (Wildman–Crippen MR) is 86.2 cm³/mol. The maximum Gasteiger partial charge on any atom is 0.182 e. The molecule has 0 aromatic carbocycles. The number of nitrogens with zero attached hydrogens (tertiary/aromatic N) is 1. The molecule has 1 fully saturated rings. The second kappa shape index (κ2) is 7.41. The van der Waals surface area contributed by atoms with E-state index in [1.54, 1.807) is 11.3 Å². The maximum absolute atomic E-state index is 6.25. The third-order valence-corrected chi connectivity index (χ3v) is 5.21. The number of hydrogen-bond donors (Lipinski definition) is 1. The Morgan fingerprint density at radius 3 is 2.95 bits per heavy atom. The molecule has 0 amide bonds. The molecular formula is C16H28N2OS. The lowest BCUT2D eigenvalue weighted by atomic mass is 9.75. The van der Waals surface area contributed by atoms with Crippen LogP contribution in [0.25, 0.3) is 0 Å². The highest BCUT2D eigenvalue weighted by Crippen LogP contribution is 2.36. The third-order valence-electron chi connectivity index (χ3n) is 4.28. The lowest BCUT2D eigenvalue weighted by Gasteiger charge is -2.37. The monoisotopic (exact) mass is 296 g/mol. The summed E-state index contributed by atoms with van der Waals surface area (Å²) in [5, 5.41) is 4.26.